The molecule has 0 rings (SSSR count). The Hall–Kier alpha value is -0.550. The fraction of sp³-hybridized carbons (Fsp3) is 0.889. The van der Waals surface area contributed by atoms with Gasteiger partial charge in [0.1, 0.15) is 6.04 Å². The fourth-order valence-corrected chi connectivity index (χ4v) is 3.37. The summed E-state index contributed by atoms with van der Waals surface area (Å²) in [4.78, 5) is 20.7. The van der Waals surface area contributed by atoms with Gasteiger partial charge in [0.25, 0.3) is 10.1 Å². The maximum absolute atomic E-state index is 11.7. The summed E-state index contributed by atoms with van der Waals surface area (Å²) in [5.74, 6) is -3.04. The third-order valence-corrected chi connectivity index (χ3v) is 5.79. The van der Waals surface area contributed by atoms with Gasteiger partial charge < -0.3 is 26.4 Å². The smallest absolute Gasteiger partial charge is 0.321 e. The first kappa shape index (κ1) is 20.5. The van der Waals surface area contributed by atoms with Crippen LogP contribution in [0.4, 0.5) is 0 Å². The maximum Gasteiger partial charge on any atom is 0.321 e. The maximum atomic E-state index is 11.7. The Bertz CT molecular complexity index is 496. The van der Waals surface area contributed by atoms with Gasteiger partial charge in [-0.1, -0.05) is 0 Å². The summed E-state index contributed by atoms with van der Waals surface area (Å²) in [7, 11) is -6.63. The Kier molecular flexibility index (Phi) is 7.97. The molecule has 0 spiro atoms. The van der Waals surface area contributed by atoms with Crippen molar-refractivity contribution in [3.05, 3.63) is 0 Å². The Balaban J connectivity index is 4.73. The van der Waals surface area contributed by atoms with E-state index in [1.807, 2.05) is 0 Å². The zero-order valence-corrected chi connectivity index (χ0v) is 13.5. The number of hydrogen-bond acceptors (Lipinski definition) is 7. The first-order chi connectivity index (χ1) is 9.39. The van der Waals surface area contributed by atoms with E-state index in [4.69, 9.17) is 15.4 Å². The number of rotatable bonds is 10. The van der Waals surface area contributed by atoms with Crippen LogP contribution in [0.1, 0.15) is 6.92 Å². The van der Waals surface area contributed by atoms with Crippen molar-refractivity contribution in [1.82, 2.24) is 10.6 Å². The van der Waals surface area contributed by atoms with Gasteiger partial charge in [0.05, 0.1) is 17.7 Å². The zero-order chi connectivity index (χ0) is 16.8. The molecule has 12 heteroatoms. The molecule has 0 aliphatic carbocycles. The molecule has 4 atom stereocenters. The third kappa shape index (κ3) is 8.47. The van der Waals surface area contributed by atoms with E-state index in [0.717, 1.165) is 0 Å². The summed E-state index contributed by atoms with van der Waals surface area (Å²) in [6, 6.07) is -2.11. The summed E-state index contributed by atoms with van der Waals surface area (Å²) >= 11 is 0. The van der Waals surface area contributed by atoms with Crippen molar-refractivity contribution in [3.63, 3.8) is 0 Å². The standard InChI is InChI=1S/C9H22N3O7PS/c1-6(10)20(15,16)4-8(9(13)14)12-3-7(11-2)5-21(17,18)19/h6-8,11-12H,3-5,10H2,1-2H3,(H,13,14)(H,15,16)(H,17,18,19). The molecular weight excluding hydrogens is 325 g/mol. The van der Waals surface area contributed by atoms with E-state index in [2.05, 4.69) is 10.6 Å². The molecule has 0 bridgehead atoms. The molecule has 21 heavy (non-hydrogen) atoms. The Morgan fingerprint density at radius 2 is 1.95 bits per heavy atom. The summed E-state index contributed by atoms with van der Waals surface area (Å²) in [6.07, 6.45) is -0.581. The van der Waals surface area contributed by atoms with E-state index in [1.165, 1.54) is 14.0 Å². The van der Waals surface area contributed by atoms with Crippen LogP contribution in [0.5, 0.6) is 0 Å². The molecule has 126 valence electrons. The Morgan fingerprint density at radius 3 is 2.29 bits per heavy atom. The zero-order valence-electron chi connectivity index (χ0n) is 11.8. The van der Waals surface area contributed by atoms with Crippen molar-refractivity contribution in [1.29, 1.82) is 0 Å². The molecule has 0 radical (unpaired) electrons. The van der Waals surface area contributed by atoms with Crippen molar-refractivity contribution in [2.24, 2.45) is 5.73 Å². The molecule has 0 saturated heterocycles. The number of likely N-dealkylation sites (N-methyl/N-ethyl adjacent to an activating group) is 1. The van der Waals surface area contributed by atoms with Crippen molar-refractivity contribution in [2.75, 3.05) is 25.5 Å². The lowest BCUT2D eigenvalue weighted by atomic mass is 10.3. The fourth-order valence-electron chi connectivity index (χ4n) is 1.44. The van der Waals surface area contributed by atoms with Crippen LogP contribution in [0.25, 0.3) is 0 Å². The van der Waals surface area contributed by atoms with Crippen molar-refractivity contribution < 1.29 is 32.3 Å². The number of carbonyl (C=O) groups is 1. The van der Waals surface area contributed by atoms with E-state index in [-0.39, 0.29) is 6.54 Å². The molecule has 0 fully saturated rings. The third-order valence-electron chi connectivity index (χ3n) is 2.81. The molecular formula is C9H22N3O7PS. The minimum Gasteiger partial charge on any atom is -0.480 e. The van der Waals surface area contributed by atoms with E-state index in [0.29, 0.717) is 0 Å². The van der Waals surface area contributed by atoms with Gasteiger partial charge in [-0.25, -0.2) is 0 Å². The first-order valence-electron chi connectivity index (χ1n) is 6.04. The van der Waals surface area contributed by atoms with Gasteiger partial charge in [0.15, 0.2) is 0 Å². The van der Waals surface area contributed by atoms with Crippen LogP contribution < -0.4 is 16.4 Å². The van der Waals surface area contributed by atoms with Crippen LogP contribution in [0.2, 0.25) is 0 Å². The molecule has 0 aliphatic heterocycles. The number of hydrogen-bond donors (Lipinski definition) is 6. The molecule has 0 aliphatic rings. The van der Waals surface area contributed by atoms with Gasteiger partial charge in [-0.3, -0.25) is 13.9 Å². The highest BCUT2D eigenvalue weighted by Gasteiger charge is 2.32. The average molecular weight is 347 g/mol. The second kappa shape index (κ2) is 8.18. The number of nitrogens with two attached hydrogens (primary N) is 1. The van der Waals surface area contributed by atoms with Crippen LogP contribution in [0.3, 0.4) is 0 Å². The summed E-state index contributed by atoms with van der Waals surface area (Å²) in [6.45, 7) is 1.17. The monoisotopic (exact) mass is 347 g/mol. The Morgan fingerprint density at radius 1 is 1.43 bits per heavy atom. The van der Waals surface area contributed by atoms with Gasteiger partial charge in [-0.15, -0.1) is 0 Å². The minimum absolute atomic E-state index is 0.133. The number of carboxylic acids is 1. The van der Waals surface area contributed by atoms with Gasteiger partial charge in [0.2, 0.25) is 7.37 Å². The highest BCUT2D eigenvalue weighted by atomic mass is 32.2. The summed E-state index contributed by atoms with van der Waals surface area (Å²) < 4.78 is 42.0. The summed E-state index contributed by atoms with van der Waals surface area (Å²) in [5, 5.41) is 14.1. The van der Waals surface area contributed by atoms with E-state index < -0.39 is 53.2 Å². The molecule has 0 aromatic heterocycles. The van der Waals surface area contributed by atoms with Crippen LogP contribution in [-0.4, -0.2) is 72.3 Å². The van der Waals surface area contributed by atoms with Gasteiger partial charge >= 0.3 is 5.97 Å². The topological polar surface area (TPSA) is 179 Å². The molecule has 0 heterocycles. The second-order valence-corrected chi connectivity index (χ2v) is 8.90. The lowest BCUT2D eigenvalue weighted by Gasteiger charge is -2.23. The van der Waals surface area contributed by atoms with Gasteiger partial charge in [0, 0.05) is 12.6 Å². The van der Waals surface area contributed by atoms with Crippen LogP contribution >= 0.6 is 7.37 Å². The first-order valence-corrected chi connectivity index (χ1v) is 9.57. The van der Waals surface area contributed by atoms with Crippen molar-refractivity contribution in [2.45, 2.75) is 24.8 Å². The number of aliphatic carboxylic acids is 1. The molecule has 0 amide bonds. The van der Waals surface area contributed by atoms with Crippen molar-refractivity contribution >= 4 is 23.5 Å². The summed E-state index contributed by atoms with van der Waals surface area (Å²) in [5.41, 5.74) is 5.33. The van der Waals surface area contributed by atoms with E-state index >= 15 is 0 Å². The second-order valence-electron chi connectivity index (χ2n) is 4.71. The molecule has 4 unspecified atom stereocenters. The lowest BCUT2D eigenvalue weighted by Crippen LogP contribution is -2.49. The van der Waals surface area contributed by atoms with Gasteiger partial charge in [-0.05, 0) is 14.0 Å². The van der Waals surface area contributed by atoms with Crippen LogP contribution in [-0.2, 0) is 19.5 Å². The minimum atomic E-state index is -4.23. The predicted octanol–water partition coefficient (Wildman–Crippen LogP) is -1.92. The predicted molar refractivity (Wildman–Crippen MR) is 77.0 cm³/mol. The SMILES string of the molecule is CNC(CNC(CP(=O)(O)C(C)N)C(=O)O)CS(=O)(=O)O. The van der Waals surface area contributed by atoms with Gasteiger partial charge in [-0.2, -0.15) is 8.42 Å². The highest BCUT2D eigenvalue weighted by Crippen LogP contribution is 2.43. The van der Waals surface area contributed by atoms with Crippen LogP contribution in [0.15, 0.2) is 0 Å². The largest absolute Gasteiger partial charge is 0.480 e. The molecule has 0 aromatic rings. The quantitative estimate of drug-likeness (QED) is 0.193. The molecule has 7 N–H and O–H groups in total. The molecule has 10 nitrogen and oxygen atoms in total. The molecule has 0 saturated carbocycles. The highest BCUT2D eigenvalue weighted by molar-refractivity contribution is 7.85. The van der Waals surface area contributed by atoms with Crippen molar-refractivity contribution in [3.8, 4) is 0 Å². The normalized spacial score (nSPS) is 19.5. The van der Waals surface area contributed by atoms with E-state index in [1.54, 1.807) is 0 Å². The number of nitrogens with one attached hydrogen (secondary N) is 2. The average Bonchev–Trinajstić information content (AvgIpc) is 2.30. The van der Waals surface area contributed by atoms with Crippen LogP contribution in [0, 0.1) is 0 Å². The lowest BCUT2D eigenvalue weighted by molar-refractivity contribution is -0.138. The molecule has 0 aromatic carbocycles. The number of carboxylic acid groups (broad SMARTS) is 1. The van der Waals surface area contributed by atoms with E-state index in [9.17, 15) is 22.7 Å². The Labute approximate surface area is 123 Å².